The predicted octanol–water partition coefficient (Wildman–Crippen LogP) is 3.69. The first-order valence-electron chi connectivity index (χ1n) is 15.5. The van der Waals surface area contributed by atoms with Crippen molar-refractivity contribution in [2.24, 2.45) is 5.92 Å². The highest BCUT2D eigenvalue weighted by Gasteiger charge is 2.55. The van der Waals surface area contributed by atoms with Gasteiger partial charge < -0.3 is 30.1 Å². The molecule has 0 bridgehead atoms. The van der Waals surface area contributed by atoms with Crippen molar-refractivity contribution in [2.45, 2.75) is 76.6 Å². The number of nitrogens with one attached hydrogen (secondary N) is 2. The zero-order valence-corrected chi connectivity index (χ0v) is 25.2. The third-order valence-electron chi connectivity index (χ3n) is 9.01. The number of unbranched alkanes of at least 4 members (excludes halogenated alkanes) is 1. The molecule has 2 aromatic rings. The molecule has 3 N–H and O–H groups in total. The summed E-state index contributed by atoms with van der Waals surface area (Å²) < 4.78 is 11.4. The van der Waals surface area contributed by atoms with Crippen LogP contribution >= 0.6 is 0 Å². The summed E-state index contributed by atoms with van der Waals surface area (Å²) in [5.41, 5.74) is 0.979. The normalized spacial score (nSPS) is 21.8. The van der Waals surface area contributed by atoms with Crippen molar-refractivity contribution in [3.05, 3.63) is 54.1 Å². The number of benzene rings is 2. The van der Waals surface area contributed by atoms with Crippen molar-refractivity contribution in [2.75, 3.05) is 38.2 Å². The summed E-state index contributed by atoms with van der Waals surface area (Å²) in [6.07, 6.45) is 3.33. The molecule has 3 aliphatic rings. The number of hydrogen-bond acceptors (Lipinski definition) is 7. The van der Waals surface area contributed by atoms with E-state index in [4.69, 9.17) is 9.47 Å². The van der Waals surface area contributed by atoms with Gasteiger partial charge in [0.2, 0.25) is 17.7 Å². The zero-order valence-electron chi connectivity index (χ0n) is 25.2. The quantitative estimate of drug-likeness (QED) is 0.385. The second-order valence-electron chi connectivity index (χ2n) is 12.0. The maximum Gasteiger partial charge on any atom is 0.248 e. The van der Waals surface area contributed by atoms with Gasteiger partial charge in [-0.05, 0) is 80.0 Å². The summed E-state index contributed by atoms with van der Waals surface area (Å²) in [7, 11) is 0. The highest BCUT2D eigenvalue weighted by atomic mass is 16.5. The van der Waals surface area contributed by atoms with Crippen molar-refractivity contribution < 1.29 is 29.0 Å². The number of rotatable bonds is 10. The average molecular weight is 593 g/mol. The largest absolute Gasteiger partial charge is 0.457 e. The van der Waals surface area contributed by atoms with Gasteiger partial charge in [0.1, 0.15) is 23.1 Å². The molecule has 0 aliphatic carbocycles. The lowest BCUT2D eigenvalue weighted by Gasteiger charge is -2.52. The molecule has 5 rings (SSSR count). The molecular weight excluding hydrogens is 548 g/mol. The van der Waals surface area contributed by atoms with E-state index in [1.54, 1.807) is 17.0 Å². The molecule has 0 radical (unpaired) electrons. The van der Waals surface area contributed by atoms with Crippen molar-refractivity contribution >= 4 is 23.4 Å². The number of ether oxygens (including phenoxy) is 2. The van der Waals surface area contributed by atoms with Crippen molar-refractivity contribution in [3.8, 4) is 11.5 Å². The Morgan fingerprint density at radius 1 is 1.07 bits per heavy atom. The number of aliphatic hydroxyl groups is 1. The van der Waals surface area contributed by atoms with Crippen LogP contribution in [0, 0.1) is 5.92 Å². The average Bonchev–Trinajstić information content (AvgIpc) is 3.02. The number of likely N-dealkylation sites (tertiary alicyclic amines) is 1. The molecule has 10 heteroatoms. The lowest BCUT2D eigenvalue weighted by atomic mass is 9.79. The number of anilines is 1. The molecule has 0 aromatic heterocycles. The van der Waals surface area contributed by atoms with E-state index < -0.39 is 17.7 Å². The molecule has 1 spiro atoms. The second-order valence-corrected chi connectivity index (χ2v) is 12.0. The Hall–Kier alpha value is -3.47. The fourth-order valence-electron chi connectivity index (χ4n) is 6.48. The van der Waals surface area contributed by atoms with E-state index >= 15 is 0 Å². The highest BCUT2D eigenvalue weighted by molar-refractivity contribution is 6.00. The van der Waals surface area contributed by atoms with Gasteiger partial charge in [-0.25, -0.2) is 0 Å². The number of aliphatic hydroxyl groups excluding tert-OH is 1. The van der Waals surface area contributed by atoms with Gasteiger partial charge in [-0.2, -0.15) is 0 Å². The molecule has 0 unspecified atom stereocenters. The lowest BCUT2D eigenvalue weighted by Crippen LogP contribution is -2.75. The molecule has 0 saturated carbocycles. The first-order chi connectivity index (χ1) is 20.8. The number of carbonyl (C=O) groups is 3. The maximum atomic E-state index is 13.8. The van der Waals surface area contributed by atoms with E-state index in [0.717, 1.165) is 36.4 Å². The first-order valence-corrected chi connectivity index (χ1v) is 15.5. The Labute approximate surface area is 253 Å². The van der Waals surface area contributed by atoms with E-state index in [2.05, 4.69) is 22.5 Å². The number of piperazine rings is 1. The van der Waals surface area contributed by atoms with Crippen LogP contribution in [0.3, 0.4) is 0 Å². The van der Waals surface area contributed by atoms with E-state index in [9.17, 15) is 19.5 Å². The summed E-state index contributed by atoms with van der Waals surface area (Å²) in [4.78, 5) is 42.9. The van der Waals surface area contributed by atoms with Crippen molar-refractivity contribution in [1.29, 1.82) is 0 Å². The van der Waals surface area contributed by atoms with Crippen LogP contribution in [-0.2, 0) is 25.7 Å². The lowest BCUT2D eigenvalue weighted by molar-refractivity contribution is -0.166. The van der Waals surface area contributed by atoms with Gasteiger partial charge in [0.05, 0.1) is 6.10 Å². The third kappa shape index (κ3) is 7.20. The minimum atomic E-state index is -0.906. The Kier molecular flexibility index (Phi) is 10.00. The summed E-state index contributed by atoms with van der Waals surface area (Å²) in [6, 6.07) is 14.3. The number of amides is 3. The number of piperidine rings is 1. The molecule has 43 heavy (non-hydrogen) atoms. The minimum Gasteiger partial charge on any atom is -0.457 e. The van der Waals surface area contributed by atoms with Crippen molar-refractivity contribution in [1.82, 2.24) is 15.1 Å². The van der Waals surface area contributed by atoms with Crippen LogP contribution in [0.5, 0.6) is 11.5 Å². The van der Waals surface area contributed by atoms with Gasteiger partial charge in [0.15, 0.2) is 0 Å². The molecule has 3 heterocycles. The van der Waals surface area contributed by atoms with Gasteiger partial charge in [-0.15, -0.1) is 0 Å². The monoisotopic (exact) mass is 592 g/mol. The number of carbonyl (C=O) groups excluding carboxylic acids is 3. The smallest absolute Gasteiger partial charge is 0.248 e. The number of nitrogens with zero attached hydrogens (tertiary/aromatic N) is 2. The molecular formula is C33H44N4O6. The Bertz CT molecular complexity index is 1250. The standard InChI is InChI=1S/C33H44N4O6/c1-3-4-17-37-31(40)29(30(39)25-13-20-42-21-14-25)35-32(41)33(37)15-18-36(19-16-33)22-24-5-9-27(10-6-24)43-28-11-7-26(8-12-28)34-23(2)38/h5-12,25,29-30,39H,3-4,13-22H2,1-2H3,(H,34,38)(H,35,41)/t29-,30-/m1/s1. The molecule has 2 aromatic carbocycles. The maximum absolute atomic E-state index is 13.8. The van der Waals surface area contributed by atoms with Gasteiger partial charge in [0, 0.05) is 52.0 Å². The molecule has 232 valence electrons. The molecule has 10 nitrogen and oxygen atoms in total. The Balaban J connectivity index is 1.19. The van der Waals surface area contributed by atoms with Crippen LogP contribution < -0.4 is 15.4 Å². The van der Waals surface area contributed by atoms with Crippen LogP contribution in [0.1, 0.15) is 57.9 Å². The topological polar surface area (TPSA) is 120 Å². The van der Waals surface area contributed by atoms with Gasteiger partial charge in [-0.1, -0.05) is 25.5 Å². The van der Waals surface area contributed by atoms with Crippen LogP contribution in [0.2, 0.25) is 0 Å². The zero-order chi connectivity index (χ0) is 30.4. The summed E-state index contributed by atoms with van der Waals surface area (Å²) >= 11 is 0. The molecule has 3 amide bonds. The highest BCUT2D eigenvalue weighted by Crippen LogP contribution is 2.36. The Morgan fingerprint density at radius 3 is 2.30 bits per heavy atom. The van der Waals surface area contributed by atoms with Gasteiger partial charge in [-0.3, -0.25) is 19.3 Å². The Morgan fingerprint density at radius 2 is 1.70 bits per heavy atom. The predicted molar refractivity (Wildman–Crippen MR) is 163 cm³/mol. The van der Waals surface area contributed by atoms with Crippen LogP contribution in [0.15, 0.2) is 48.5 Å². The van der Waals surface area contributed by atoms with E-state index in [1.165, 1.54) is 6.92 Å². The fourth-order valence-corrected chi connectivity index (χ4v) is 6.48. The minimum absolute atomic E-state index is 0.0562. The molecule has 3 saturated heterocycles. The number of hydrogen-bond donors (Lipinski definition) is 3. The van der Waals surface area contributed by atoms with E-state index in [0.29, 0.717) is 64.3 Å². The summed E-state index contributed by atoms with van der Waals surface area (Å²) in [5, 5.41) is 16.8. The molecule has 3 fully saturated rings. The summed E-state index contributed by atoms with van der Waals surface area (Å²) in [6.45, 7) is 7.33. The molecule has 3 aliphatic heterocycles. The SMILES string of the molecule is CCCCN1C(=O)[C@@H]([C@H](O)C2CCOCC2)NC(=O)C12CCN(Cc1ccc(Oc3ccc(NC(C)=O)cc3)cc1)CC2. The molecule has 2 atom stereocenters. The second kappa shape index (κ2) is 13.9. The van der Waals surface area contributed by atoms with Crippen molar-refractivity contribution in [3.63, 3.8) is 0 Å². The first kappa shape index (κ1) is 31.0. The van der Waals surface area contributed by atoms with Gasteiger partial charge >= 0.3 is 0 Å². The van der Waals surface area contributed by atoms with E-state index in [1.807, 2.05) is 36.4 Å². The van der Waals surface area contributed by atoms with Crippen LogP contribution in [0.4, 0.5) is 5.69 Å². The third-order valence-corrected chi connectivity index (χ3v) is 9.01. The van der Waals surface area contributed by atoms with Crippen LogP contribution in [0.25, 0.3) is 0 Å². The summed E-state index contributed by atoms with van der Waals surface area (Å²) in [5.74, 6) is 0.937. The van der Waals surface area contributed by atoms with Crippen LogP contribution in [-0.4, -0.2) is 83.2 Å². The fraction of sp³-hybridized carbons (Fsp3) is 0.545. The van der Waals surface area contributed by atoms with Gasteiger partial charge in [0.25, 0.3) is 0 Å². The van der Waals surface area contributed by atoms with E-state index in [-0.39, 0.29) is 23.6 Å².